The molecule has 0 fully saturated rings. The van der Waals surface area contributed by atoms with Gasteiger partial charge in [0.05, 0.1) is 5.92 Å². The highest BCUT2D eigenvalue weighted by Crippen LogP contribution is 2.25. The summed E-state index contributed by atoms with van der Waals surface area (Å²) in [4.78, 5) is 9.99. The smallest absolute Gasteiger partial charge is 0.210 e. The van der Waals surface area contributed by atoms with Crippen molar-refractivity contribution in [3.05, 3.63) is 58.2 Å². The molecule has 3 nitrogen and oxygen atoms in total. The van der Waals surface area contributed by atoms with Crippen LogP contribution in [0.2, 0.25) is 0 Å². The molecule has 92 valence electrons. The number of hydrogen-bond acceptors (Lipinski definition) is 2. The van der Waals surface area contributed by atoms with Gasteiger partial charge in [-0.05, 0) is 18.9 Å². The van der Waals surface area contributed by atoms with Crippen molar-refractivity contribution in [1.29, 1.82) is 0 Å². The van der Waals surface area contributed by atoms with Gasteiger partial charge in [0.2, 0.25) is 6.54 Å². The summed E-state index contributed by atoms with van der Waals surface area (Å²) in [7, 11) is 0. The van der Waals surface area contributed by atoms with Crippen LogP contribution < -0.4 is 0 Å². The molecule has 1 aromatic carbocycles. The zero-order chi connectivity index (χ0) is 12.8. The second-order valence-electron chi connectivity index (χ2n) is 3.72. The lowest BCUT2D eigenvalue weighted by atomic mass is 9.93. The number of halogens is 2. The van der Waals surface area contributed by atoms with E-state index in [2.05, 4.69) is 6.58 Å². The highest BCUT2D eigenvalue weighted by atomic mass is 19.2. The average Bonchev–Trinajstić information content (AvgIpc) is 2.28. The van der Waals surface area contributed by atoms with E-state index >= 15 is 0 Å². The van der Waals surface area contributed by atoms with Gasteiger partial charge in [0.1, 0.15) is 0 Å². The minimum absolute atomic E-state index is 0.0588. The van der Waals surface area contributed by atoms with Crippen LogP contribution in [0, 0.1) is 21.7 Å². The Kier molecular flexibility index (Phi) is 4.75. The summed E-state index contributed by atoms with van der Waals surface area (Å²) in [6.45, 7) is 3.10. The number of hydrogen-bond donors (Lipinski definition) is 0. The monoisotopic (exact) mass is 241 g/mol. The lowest BCUT2D eigenvalue weighted by Crippen LogP contribution is -2.14. The van der Waals surface area contributed by atoms with Crippen LogP contribution in [0.25, 0.3) is 0 Å². The van der Waals surface area contributed by atoms with E-state index in [4.69, 9.17) is 0 Å². The number of nitro groups is 1. The van der Waals surface area contributed by atoms with Crippen molar-refractivity contribution in [2.45, 2.75) is 18.8 Å². The Morgan fingerprint density at radius 1 is 1.47 bits per heavy atom. The summed E-state index contributed by atoms with van der Waals surface area (Å²) in [5, 5.41) is 10.5. The van der Waals surface area contributed by atoms with Crippen LogP contribution in [-0.4, -0.2) is 11.5 Å². The van der Waals surface area contributed by atoms with Gasteiger partial charge in [-0.15, -0.1) is 6.58 Å². The first-order chi connectivity index (χ1) is 8.06. The molecule has 1 unspecified atom stereocenters. The Morgan fingerprint density at radius 3 is 2.76 bits per heavy atom. The van der Waals surface area contributed by atoms with Crippen LogP contribution >= 0.6 is 0 Å². The molecule has 0 aliphatic rings. The van der Waals surface area contributed by atoms with Gasteiger partial charge in [0.25, 0.3) is 0 Å². The van der Waals surface area contributed by atoms with Gasteiger partial charge in [-0.25, -0.2) is 8.78 Å². The van der Waals surface area contributed by atoms with E-state index in [1.165, 1.54) is 12.1 Å². The third kappa shape index (κ3) is 3.62. The predicted molar refractivity (Wildman–Crippen MR) is 60.4 cm³/mol. The van der Waals surface area contributed by atoms with Crippen molar-refractivity contribution in [2.75, 3.05) is 6.54 Å². The summed E-state index contributed by atoms with van der Waals surface area (Å²) < 4.78 is 26.5. The summed E-state index contributed by atoms with van der Waals surface area (Å²) in [6, 6.07) is 3.74. The number of rotatable bonds is 6. The van der Waals surface area contributed by atoms with Gasteiger partial charge in [-0.2, -0.15) is 0 Å². The average molecular weight is 241 g/mol. The summed E-state index contributed by atoms with van der Waals surface area (Å²) in [5.74, 6) is -2.60. The third-order valence-electron chi connectivity index (χ3n) is 2.51. The minimum Gasteiger partial charge on any atom is -0.265 e. The van der Waals surface area contributed by atoms with Crippen LogP contribution in [-0.2, 0) is 0 Å². The topological polar surface area (TPSA) is 43.1 Å². The van der Waals surface area contributed by atoms with E-state index in [0.29, 0.717) is 12.8 Å². The fourth-order valence-electron chi connectivity index (χ4n) is 1.68. The zero-order valence-corrected chi connectivity index (χ0v) is 9.23. The molecular formula is C12H13F2NO2. The Morgan fingerprint density at radius 2 is 2.18 bits per heavy atom. The maximum Gasteiger partial charge on any atom is 0.210 e. The molecule has 0 aromatic heterocycles. The van der Waals surface area contributed by atoms with E-state index in [1.807, 2.05) is 0 Å². The highest BCUT2D eigenvalue weighted by Gasteiger charge is 2.22. The van der Waals surface area contributed by atoms with Crippen molar-refractivity contribution in [3.63, 3.8) is 0 Å². The molecule has 0 bridgehead atoms. The van der Waals surface area contributed by atoms with Crippen molar-refractivity contribution >= 4 is 0 Å². The molecule has 0 saturated carbocycles. The molecule has 0 spiro atoms. The van der Waals surface area contributed by atoms with Crippen LogP contribution in [0.1, 0.15) is 24.3 Å². The Bertz CT molecular complexity index is 421. The lowest BCUT2D eigenvalue weighted by Gasteiger charge is -2.13. The first kappa shape index (κ1) is 13.3. The lowest BCUT2D eigenvalue weighted by molar-refractivity contribution is -0.483. The predicted octanol–water partition coefficient (Wildman–Crippen LogP) is 3.29. The van der Waals surface area contributed by atoms with Crippen LogP contribution in [0.15, 0.2) is 30.9 Å². The van der Waals surface area contributed by atoms with Crippen LogP contribution in [0.5, 0.6) is 0 Å². The maximum atomic E-state index is 13.5. The van der Waals surface area contributed by atoms with Crippen LogP contribution in [0.3, 0.4) is 0 Å². The van der Waals surface area contributed by atoms with Gasteiger partial charge < -0.3 is 0 Å². The molecule has 17 heavy (non-hydrogen) atoms. The second kappa shape index (κ2) is 6.08. The van der Waals surface area contributed by atoms with Gasteiger partial charge in [0.15, 0.2) is 11.6 Å². The van der Waals surface area contributed by atoms with E-state index in [-0.39, 0.29) is 5.56 Å². The first-order valence-corrected chi connectivity index (χ1v) is 5.23. The van der Waals surface area contributed by atoms with Crippen LogP contribution in [0.4, 0.5) is 8.78 Å². The van der Waals surface area contributed by atoms with Crippen molar-refractivity contribution in [2.24, 2.45) is 0 Å². The molecule has 5 heteroatoms. The van der Waals surface area contributed by atoms with Gasteiger partial charge in [-0.1, -0.05) is 18.2 Å². The largest absolute Gasteiger partial charge is 0.265 e. The Hall–Kier alpha value is -1.78. The fourth-order valence-corrected chi connectivity index (χ4v) is 1.68. The summed E-state index contributed by atoms with van der Waals surface area (Å²) in [6.07, 6.45) is 2.50. The van der Waals surface area contributed by atoms with Gasteiger partial charge in [-0.3, -0.25) is 10.1 Å². The van der Waals surface area contributed by atoms with Crippen molar-refractivity contribution in [1.82, 2.24) is 0 Å². The van der Waals surface area contributed by atoms with E-state index < -0.39 is 29.0 Å². The molecule has 1 aromatic rings. The molecule has 0 heterocycles. The quantitative estimate of drug-likeness (QED) is 0.435. The van der Waals surface area contributed by atoms with Gasteiger partial charge >= 0.3 is 0 Å². The standard InChI is InChI=1S/C12H13F2NO2/c1-2-3-5-9(8-15(16)17)10-6-4-7-11(13)12(10)14/h2,4,6-7,9H,1,3,5,8H2. The van der Waals surface area contributed by atoms with Crippen molar-refractivity contribution < 1.29 is 13.7 Å². The van der Waals surface area contributed by atoms with E-state index in [1.54, 1.807) is 6.08 Å². The Balaban J connectivity index is 2.98. The number of benzene rings is 1. The molecule has 0 amide bonds. The van der Waals surface area contributed by atoms with E-state index in [0.717, 1.165) is 6.07 Å². The molecule has 0 radical (unpaired) electrons. The summed E-state index contributed by atoms with van der Waals surface area (Å²) >= 11 is 0. The zero-order valence-electron chi connectivity index (χ0n) is 9.23. The number of allylic oxidation sites excluding steroid dienone is 1. The molecular weight excluding hydrogens is 228 g/mol. The first-order valence-electron chi connectivity index (χ1n) is 5.23. The molecule has 0 saturated heterocycles. The molecule has 1 atom stereocenters. The Labute approximate surface area is 97.9 Å². The molecule has 0 aliphatic heterocycles. The van der Waals surface area contributed by atoms with Gasteiger partial charge in [0, 0.05) is 10.5 Å². The summed E-state index contributed by atoms with van der Waals surface area (Å²) in [5.41, 5.74) is 0.0588. The number of nitrogens with zero attached hydrogens (tertiary/aromatic N) is 1. The maximum absolute atomic E-state index is 13.5. The fraction of sp³-hybridized carbons (Fsp3) is 0.333. The van der Waals surface area contributed by atoms with Crippen molar-refractivity contribution in [3.8, 4) is 0 Å². The SMILES string of the molecule is C=CCCC(C[N+](=O)[O-])c1cccc(F)c1F. The minimum atomic E-state index is -0.997. The molecule has 0 N–H and O–H groups in total. The third-order valence-corrected chi connectivity index (χ3v) is 2.51. The van der Waals surface area contributed by atoms with E-state index in [9.17, 15) is 18.9 Å². The second-order valence-corrected chi connectivity index (χ2v) is 3.72. The highest BCUT2D eigenvalue weighted by molar-refractivity contribution is 5.23. The molecule has 0 aliphatic carbocycles. The molecule has 1 rings (SSSR count). The normalized spacial score (nSPS) is 12.1.